The van der Waals surface area contributed by atoms with E-state index >= 15 is 0 Å². The summed E-state index contributed by atoms with van der Waals surface area (Å²) in [6.07, 6.45) is 0. The van der Waals surface area contributed by atoms with Gasteiger partial charge in [0.2, 0.25) is 0 Å². The molecule has 0 aliphatic heterocycles. The molecule has 1 heterocycles. The zero-order valence-electron chi connectivity index (χ0n) is 13.4. The number of rotatable bonds is 4. The molecule has 1 N–H and O–H groups in total. The number of benzene rings is 2. The molecule has 0 radical (unpaired) electrons. The first-order chi connectivity index (χ1) is 11.1. The van der Waals surface area contributed by atoms with Crippen molar-refractivity contribution in [1.82, 2.24) is 5.32 Å². The maximum Gasteiger partial charge on any atom is 0.287 e. The van der Waals surface area contributed by atoms with Gasteiger partial charge in [-0.3, -0.25) is 4.79 Å². The van der Waals surface area contributed by atoms with E-state index in [1.165, 1.54) is 0 Å². The Morgan fingerprint density at radius 3 is 2.48 bits per heavy atom. The van der Waals surface area contributed by atoms with Gasteiger partial charge in [-0.05, 0) is 37.6 Å². The largest absolute Gasteiger partial charge is 0.497 e. The molecule has 1 aromatic heterocycles. The monoisotopic (exact) mass is 309 g/mol. The third-order valence-corrected chi connectivity index (χ3v) is 4.01. The van der Waals surface area contributed by atoms with Gasteiger partial charge < -0.3 is 14.5 Å². The lowest BCUT2D eigenvalue weighted by atomic mass is 10.1. The molecule has 3 aromatic rings. The van der Waals surface area contributed by atoms with Crippen molar-refractivity contribution in [2.45, 2.75) is 19.9 Å². The Labute approximate surface area is 135 Å². The topological polar surface area (TPSA) is 51.5 Å². The Hall–Kier alpha value is -2.75. The van der Waals surface area contributed by atoms with Crippen LogP contribution in [0.5, 0.6) is 5.75 Å². The van der Waals surface area contributed by atoms with Gasteiger partial charge in [0.25, 0.3) is 5.91 Å². The van der Waals surface area contributed by atoms with Gasteiger partial charge in [0, 0.05) is 10.9 Å². The van der Waals surface area contributed by atoms with E-state index < -0.39 is 0 Å². The van der Waals surface area contributed by atoms with Crippen molar-refractivity contribution in [3.63, 3.8) is 0 Å². The summed E-state index contributed by atoms with van der Waals surface area (Å²) in [6, 6.07) is 15.2. The van der Waals surface area contributed by atoms with E-state index in [1.54, 1.807) is 7.11 Å². The Morgan fingerprint density at radius 2 is 1.83 bits per heavy atom. The van der Waals surface area contributed by atoms with Gasteiger partial charge in [-0.15, -0.1) is 0 Å². The van der Waals surface area contributed by atoms with Gasteiger partial charge in [0.05, 0.1) is 13.2 Å². The molecule has 1 unspecified atom stereocenters. The standard InChI is InChI=1S/C19H19NO3/c1-12-16-6-4-5-7-17(16)23-18(12)19(21)20-13(2)14-8-10-15(22-3)11-9-14/h4-11,13H,1-3H3,(H,20,21). The predicted octanol–water partition coefficient (Wildman–Crippen LogP) is 4.24. The third-order valence-electron chi connectivity index (χ3n) is 4.01. The number of aryl methyl sites for hydroxylation is 1. The molecule has 0 bridgehead atoms. The Bertz CT molecular complexity index is 833. The number of methoxy groups -OCH3 is 1. The fourth-order valence-corrected chi connectivity index (χ4v) is 2.63. The van der Waals surface area contributed by atoms with Gasteiger partial charge >= 0.3 is 0 Å². The SMILES string of the molecule is COc1ccc(C(C)NC(=O)c2oc3ccccc3c2C)cc1. The molecule has 0 aliphatic carbocycles. The molecule has 1 amide bonds. The van der Waals surface area contributed by atoms with Crippen molar-refractivity contribution in [3.8, 4) is 5.75 Å². The lowest BCUT2D eigenvalue weighted by Crippen LogP contribution is -2.26. The number of carbonyl (C=O) groups is 1. The Morgan fingerprint density at radius 1 is 1.13 bits per heavy atom. The second kappa shape index (κ2) is 6.16. The maximum absolute atomic E-state index is 12.5. The van der Waals surface area contributed by atoms with E-state index in [-0.39, 0.29) is 11.9 Å². The average Bonchev–Trinajstić information content (AvgIpc) is 2.92. The second-order valence-electron chi connectivity index (χ2n) is 5.52. The summed E-state index contributed by atoms with van der Waals surface area (Å²) in [5.41, 5.74) is 2.60. The second-order valence-corrected chi connectivity index (χ2v) is 5.52. The molecule has 2 aromatic carbocycles. The van der Waals surface area contributed by atoms with Crippen molar-refractivity contribution >= 4 is 16.9 Å². The number of fused-ring (bicyclic) bond motifs is 1. The van der Waals surface area contributed by atoms with Gasteiger partial charge in [0.1, 0.15) is 11.3 Å². The van der Waals surface area contributed by atoms with Crippen molar-refractivity contribution < 1.29 is 13.9 Å². The molecule has 0 aliphatic rings. The van der Waals surface area contributed by atoms with Crippen LogP contribution in [0.1, 0.15) is 34.6 Å². The number of hydrogen-bond donors (Lipinski definition) is 1. The fraction of sp³-hybridized carbons (Fsp3) is 0.211. The molecule has 0 saturated heterocycles. The van der Waals surface area contributed by atoms with Crippen LogP contribution in [0.25, 0.3) is 11.0 Å². The van der Waals surface area contributed by atoms with Gasteiger partial charge in [-0.2, -0.15) is 0 Å². The molecule has 4 heteroatoms. The molecular formula is C19H19NO3. The molecule has 3 rings (SSSR count). The summed E-state index contributed by atoms with van der Waals surface area (Å²) < 4.78 is 10.8. The first-order valence-corrected chi connectivity index (χ1v) is 7.53. The Kier molecular flexibility index (Phi) is 4.06. The average molecular weight is 309 g/mol. The number of furan rings is 1. The molecule has 0 spiro atoms. The fourth-order valence-electron chi connectivity index (χ4n) is 2.63. The first-order valence-electron chi connectivity index (χ1n) is 7.53. The smallest absolute Gasteiger partial charge is 0.287 e. The summed E-state index contributed by atoms with van der Waals surface area (Å²) in [7, 11) is 1.63. The van der Waals surface area contributed by atoms with Crippen molar-refractivity contribution in [2.75, 3.05) is 7.11 Å². The molecule has 0 fully saturated rings. The van der Waals surface area contributed by atoms with Crippen LogP contribution in [0.2, 0.25) is 0 Å². The number of nitrogens with one attached hydrogen (secondary N) is 1. The molecule has 23 heavy (non-hydrogen) atoms. The van der Waals surface area contributed by atoms with Crippen LogP contribution >= 0.6 is 0 Å². The molecule has 1 atom stereocenters. The summed E-state index contributed by atoms with van der Waals surface area (Å²) in [5, 5.41) is 3.95. The minimum atomic E-state index is -0.206. The molecule has 0 saturated carbocycles. The summed E-state index contributed by atoms with van der Waals surface area (Å²) in [5.74, 6) is 0.953. The van der Waals surface area contributed by atoms with E-state index in [0.29, 0.717) is 5.76 Å². The lowest BCUT2D eigenvalue weighted by Gasteiger charge is -2.14. The van der Waals surface area contributed by atoms with Crippen LogP contribution in [0.3, 0.4) is 0 Å². The number of para-hydroxylation sites is 1. The van der Waals surface area contributed by atoms with Crippen LogP contribution in [0.4, 0.5) is 0 Å². The minimum Gasteiger partial charge on any atom is -0.497 e. The molecule has 4 nitrogen and oxygen atoms in total. The lowest BCUT2D eigenvalue weighted by molar-refractivity contribution is 0.0913. The van der Waals surface area contributed by atoms with E-state index in [1.807, 2.05) is 62.4 Å². The van der Waals surface area contributed by atoms with Gasteiger partial charge in [0.15, 0.2) is 5.76 Å². The van der Waals surface area contributed by atoms with Crippen LogP contribution in [-0.2, 0) is 0 Å². The highest BCUT2D eigenvalue weighted by molar-refractivity contribution is 5.99. The summed E-state index contributed by atoms with van der Waals surface area (Å²) >= 11 is 0. The highest BCUT2D eigenvalue weighted by Gasteiger charge is 2.19. The van der Waals surface area contributed by atoms with Gasteiger partial charge in [-0.1, -0.05) is 30.3 Å². The van der Waals surface area contributed by atoms with E-state index in [2.05, 4.69) is 5.32 Å². The number of ether oxygens (including phenoxy) is 1. The van der Waals surface area contributed by atoms with Gasteiger partial charge in [-0.25, -0.2) is 0 Å². The highest BCUT2D eigenvalue weighted by atomic mass is 16.5. The van der Waals surface area contributed by atoms with Crippen LogP contribution < -0.4 is 10.1 Å². The van der Waals surface area contributed by atoms with E-state index in [0.717, 1.165) is 27.8 Å². The third kappa shape index (κ3) is 2.93. The van der Waals surface area contributed by atoms with Crippen molar-refractivity contribution in [2.24, 2.45) is 0 Å². The van der Waals surface area contributed by atoms with Crippen LogP contribution in [-0.4, -0.2) is 13.0 Å². The maximum atomic E-state index is 12.5. The molecular weight excluding hydrogens is 290 g/mol. The summed E-state index contributed by atoms with van der Waals surface area (Å²) in [6.45, 7) is 3.84. The summed E-state index contributed by atoms with van der Waals surface area (Å²) in [4.78, 5) is 12.5. The number of hydrogen-bond acceptors (Lipinski definition) is 3. The number of carbonyl (C=O) groups excluding carboxylic acids is 1. The zero-order valence-corrected chi connectivity index (χ0v) is 13.4. The zero-order chi connectivity index (χ0) is 16.4. The Balaban J connectivity index is 1.80. The number of amides is 1. The van der Waals surface area contributed by atoms with Crippen LogP contribution in [0.15, 0.2) is 52.9 Å². The predicted molar refractivity (Wildman–Crippen MR) is 89.8 cm³/mol. The van der Waals surface area contributed by atoms with Crippen LogP contribution in [0, 0.1) is 6.92 Å². The van der Waals surface area contributed by atoms with Crippen molar-refractivity contribution in [1.29, 1.82) is 0 Å². The van der Waals surface area contributed by atoms with E-state index in [4.69, 9.17) is 9.15 Å². The quantitative estimate of drug-likeness (QED) is 0.784. The molecule has 118 valence electrons. The normalized spacial score (nSPS) is 12.1. The minimum absolute atomic E-state index is 0.124. The van der Waals surface area contributed by atoms with Crippen molar-refractivity contribution in [3.05, 3.63) is 65.4 Å². The van der Waals surface area contributed by atoms with E-state index in [9.17, 15) is 4.79 Å². The first kappa shape index (κ1) is 15.2. The highest BCUT2D eigenvalue weighted by Crippen LogP contribution is 2.25.